The van der Waals surface area contributed by atoms with Crippen molar-refractivity contribution in [2.24, 2.45) is 0 Å². The average molecular weight is 209 g/mol. The first-order valence-electron chi connectivity index (χ1n) is 3.71. The van der Waals surface area contributed by atoms with Crippen LogP contribution >= 0.6 is 12.2 Å². The molecule has 2 rings (SSSR count). The van der Waals surface area contributed by atoms with Gasteiger partial charge in [-0.3, -0.25) is 0 Å². The lowest BCUT2D eigenvalue weighted by atomic mass is 10.0. The highest BCUT2D eigenvalue weighted by atomic mass is 32.1. The Kier molecular flexibility index (Phi) is 1.61. The highest BCUT2D eigenvalue weighted by molar-refractivity contribution is 7.71. The summed E-state index contributed by atoms with van der Waals surface area (Å²) in [5, 5.41) is 2.22. The van der Waals surface area contributed by atoms with Crippen LogP contribution in [0.3, 0.4) is 0 Å². The third-order valence-electron chi connectivity index (χ3n) is 2.33. The van der Waals surface area contributed by atoms with Crippen LogP contribution in [0.15, 0.2) is 10.6 Å². The SMILES string of the molecule is FC(F)(F)C1(c2cc(=S)o[nH]2)CC1. The van der Waals surface area contributed by atoms with Crippen molar-refractivity contribution in [3.05, 3.63) is 16.5 Å². The lowest BCUT2D eigenvalue weighted by molar-refractivity contribution is -0.161. The normalized spacial score (nSPS) is 20.2. The Labute approximate surface area is 76.7 Å². The molecule has 0 saturated heterocycles. The van der Waals surface area contributed by atoms with E-state index in [2.05, 4.69) is 21.9 Å². The molecule has 0 aromatic carbocycles. The fraction of sp³-hybridized carbons (Fsp3) is 0.571. The van der Waals surface area contributed by atoms with Crippen molar-refractivity contribution in [3.8, 4) is 0 Å². The summed E-state index contributed by atoms with van der Waals surface area (Å²) >= 11 is 4.59. The molecular weight excluding hydrogens is 203 g/mol. The van der Waals surface area contributed by atoms with Gasteiger partial charge in [-0.05, 0) is 25.1 Å². The number of aromatic nitrogens is 1. The van der Waals surface area contributed by atoms with E-state index in [1.54, 1.807) is 0 Å². The van der Waals surface area contributed by atoms with Gasteiger partial charge in [-0.15, -0.1) is 0 Å². The number of H-pyrrole nitrogens is 1. The predicted octanol–water partition coefficient (Wildman–Crippen LogP) is 2.93. The molecule has 1 aromatic heterocycles. The van der Waals surface area contributed by atoms with Gasteiger partial charge >= 0.3 is 6.18 Å². The molecule has 1 N–H and O–H groups in total. The van der Waals surface area contributed by atoms with Crippen molar-refractivity contribution in [2.45, 2.75) is 24.4 Å². The summed E-state index contributed by atoms with van der Waals surface area (Å²) in [4.78, 5) is 0. The van der Waals surface area contributed by atoms with Crippen LogP contribution in [-0.2, 0) is 5.41 Å². The van der Waals surface area contributed by atoms with E-state index in [9.17, 15) is 13.2 Å². The van der Waals surface area contributed by atoms with E-state index in [4.69, 9.17) is 0 Å². The fourth-order valence-corrected chi connectivity index (χ4v) is 1.51. The third-order valence-corrected chi connectivity index (χ3v) is 2.53. The largest absolute Gasteiger partial charge is 0.399 e. The van der Waals surface area contributed by atoms with Crippen molar-refractivity contribution < 1.29 is 17.7 Å². The molecule has 1 fully saturated rings. The first-order valence-corrected chi connectivity index (χ1v) is 4.12. The molecule has 1 heterocycles. The minimum atomic E-state index is -4.21. The van der Waals surface area contributed by atoms with Gasteiger partial charge in [-0.2, -0.15) is 13.2 Å². The summed E-state index contributed by atoms with van der Waals surface area (Å²) < 4.78 is 42.1. The lowest BCUT2D eigenvalue weighted by Gasteiger charge is -2.16. The Morgan fingerprint density at radius 3 is 2.38 bits per heavy atom. The van der Waals surface area contributed by atoms with Gasteiger partial charge in [-0.1, -0.05) is 0 Å². The van der Waals surface area contributed by atoms with E-state index in [-0.39, 0.29) is 23.2 Å². The molecule has 13 heavy (non-hydrogen) atoms. The maximum Gasteiger partial charge on any atom is 0.399 e. The van der Waals surface area contributed by atoms with Gasteiger partial charge in [0, 0.05) is 6.07 Å². The zero-order valence-electron chi connectivity index (χ0n) is 6.44. The van der Waals surface area contributed by atoms with Crippen LogP contribution in [0.4, 0.5) is 13.2 Å². The van der Waals surface area contributed by atoms with E-state index < -0.39 is 11.6 Å². The topological polar surface area (TPSA) is 28.9 Å². The summed E-state index contributed by atoms with van der Waals surface area (Å²) in [7, 11) is 0. The molecule has 0 atom stereocenters. The Morgan fingerprint density at radius 2 is 2.08 bits per heavy atom. The maximum atomic E-state index is 12.5. The molecule has 1 aromatic rings. The van der Waals surface area contributed by atoms with Crippen molar-refractivity contribution in [2.75, 3.05) is 0 Å². The summed E-state index contributed by atoms with van der Waals surface area (Å²) in [5.74, 6) is 0. The highest BCUT2D eigenvalue weighted by Crippen LogP contribution is 2.58. The first-order chi connectivity index (χ1) is 5.96. The van der Waals surface area contributed by atoms with Gasteiger partial charge in [0.2, 0.25) is 4.71 Å². The van der Waals surface area contributed by atoms with Crippen LogP contribution < -0.4 is 0 Å². The van der Waals surface area contributed by atoms with Crippen LogP contribution in [0.2, 0.25) is 0 Å². The molecule has 1 aliphatic rings. The number of hydrogen-bond donors (Lipinski definition) is 1. The van der Waals surface area contributed by atoms with Crippen LogP contribution in [0.5, 0.6) is 0 Å². The molecule has 0 amide bonds. The van der Waals surface area contributed by atoms with E-state index in [0.717, 1.165) is 0 Å². The minimum absolute atomic E-state index is 0.0463. The van der Waals surface area contributed by atoms with Crippen LogP contribution in [-0.4, -0.2) is 11.3 Å². The van der Waals surface area contributed by atoms with Gasteiger partial charge in [0.1, 0.15) is 5.41 Å². The molecule has 1 saturated carbocycles. The zero-order chi connectivity index (χ0) is 9.69. The molecule has 0 radical (unpaired) electrons. The fourth-order valence-electron chi connectivity index (χ4n) is 1.35. The summed E-state index contributed by atoms with van der Waals surface area (Å²) in [6.07, 6.45) is -3.99. The molecule has 1 aliphatic carbocycles. The Balaban J connectivity index is 2.41. The molecular formula is C7H6F3NOS. The minimum Gasteiger partial charge on any atom is -0.371 e. The zero-order valence-corrected chi connectivity index (χ0v) is 7.26. The Hall–Kier alpha value is -0.780. The number of rotatable bonds is 1. The van der Waals surface area contributed by atoms with Crippen LogP contribution in [0, 0.1) is 4.71 Å². The highest BCUT2D eigenvalue weighted by Gasteiger charge is 2.65. The van der Waals surface area contributed by atoms with Gasteiger partial charge in [0.15, 0.2) is 0 Å². The van der Waals surface area contributed by atoms with Gasteiger partial charge in [-0.25, -0.2) is 5.16 Å². The van der Waals surface area contributed by atoms with Gasteiger partial charge in [0.05, 0.1) is 5.69 Å². The third kappa shape index (κ3) is 1.20. The van der Waals surface area contributed by atoms with Crippen LogP contribution in [0.25, 0.3) is 0 Å². The molecule has 0 unspecified atom stereocenters. The summed E-state index contributed by atoms with van der Waals surface area (Å²) in [6, 6.07) is 1.23. The molecule has 2 nitrogen and oxygen atoms in total. The number of halogens is 3. The Morgan fingerprint density at radius 1 is 1.46 bits per heavy atom. The van der Waals surface area contributed by atoms with Crippen molar-refractivity contribution in [1.82, 2.24) is 5.16 Å². The van der Waals surface area contributed by atoms with Crippen molar-refractivity contribution in [3.63, 3.8) is 0 Å². The molecule has 72 valence electrons. The number of nitrogens with one attached hydrogen (secondary N) is 1. The second-order valence-corrected chi connectivity index (χ2v) is 3.56. The van der Waals surface area contributed by atoms with Crippen molar-refractivity contribution in [1.29, 1.82) is 0 Å². The maximum absolute atomic E-state index is 12.5. The standard InChI is InChI=1S/C7H6F3NOS/c8-7(9,10)6(1-2-6)4-3-5(13)12-11-4/h3,11H,1-2H2. The average Bonchev–Trinajstić information content (AvgIpc) is 2.70. The van der Waals surface area contributed by atoms with Gasteiger partial charge in [0.25, 0.3) is 0 Å². The van der Waals surface area contributed by atoms with E-state index >= 15 is 0 Å². The number of alkyl halides is 3. The van der Waals surface area contributed by atoms with Crippen LogP contribution in [0.1, 0.15) is 18.5 Å². The second kappa shape index (κ2) is 2.37. The molecule has 6 heteroatoms. The van der Waals surface area contributed by atoms with Crippen molar-refractivity contribution >= 4 is 12.2 Å². The second-order valence-electron chi connectivity index (χ2n) is 3.16. The number of aromatic amines is 1. The molecule has 0 bridgehead atoms. The number of hydrogen-bond acceptors (Lipinski definition) is 2. The van der Waals surface area contributed by atoms with Gasteiger partial charge < -0.3 is 4.52 Å². The lowest BCUT2D eigenvalue weighted by Crippen LogP contribution is -2.28. The molecule has 0 spiro atoms. The predicted molar refractivity (Wildman–Crippen MR) is 40.9 cm³/mol. The summed E-state index contributed by atoms with van der Waals surface area (Å²) in [5.41, 5.74) is -1.67. The van der Waals surface area contributed by atoms with E-state index in [0.29, 0.717) is 0 Å². The monoisotopic (exact) mass is 209 g/mol. The summed E-state index contributed by atoms with van der Waals surface area (Å²) in [6.45, 7) is 0. The van der Waals surface area contributed by atoms with E-state index in [1.165, 1.54) is 6.07 Å². The molecule has 0 aliphatic heterocycles. The van der Waals surface area contributed by atoms with E-state index in [1.807, 2.05) is 0 Å². The smallest absolute Gasteiger partial charge is 0.371 e. The first kappa shape index (κ1) is 8.80. The quantitative estimate of drug-likeness (QED) is 0.720. The Bertz CT molecular complexity index is 374.